The van der Waals surface area contributed by atoms with Gasteiger partial charge in [0, 0.05) is 31.3 Å². The van der Waals surface area contributed by atoms with Crippen molar-refractivity contribution in [3.05, 3.63) is 39.9 Å². The van der Waals surface area contributed by atoms with Crippen molar-refractivity contribution in [2.45, 2.75) is 50.6 Å². The van der Waals surface area contributed by atoms with Crippen LogP contribution in [0.25, 0.3) is 0 Å². The molecule has 2 heterocycles. The van der Waals surface area contributed by atoms with Crippen LogP contribution in [0.3, 0.4) is 0 Å². The van der Waals surface area contributed by atoms with E-state index in [1.807, 2.05) is 0 Å². The van der Waals surface area contributed by atoms with E-state index in [2.05, 4.69) is 10.6 Å². The molecule has 2 saturated heterocycles. The number of piperidine rings is 1. The third-order valence-electron chi connectivity index (χ3n) is 5.20. The lowest BCUT2D eigenvalue weighted by Crippen LogP contribution is -2.54. The van der Waals surface area contributed by atoms with Crippen molar-refractivity contribution in [1.29, 1.82) is 0 Å². The topological polar surface area (TPSA) is 151 Å². The zero-order chi connectivity index (χ0) is 25.3. The van der Waals surface area contributed by atoms with E-state index in [-0.39, 0.29) is 24.2 Å². The fraction of sp³-hybridized carbons (Fsp3) is 0.550. The molecule has 0 aliphatic carbocycles. The Morgan fingerprint density at radius 1 is 1.21 bits per heavy atom. The molecule has 188 valence electrons. The number of halogens is 3. The van der Waals surface area contributed by atoms with Crippen LogP contribution in [0.4, 0.5) is 23.7 Å². The van der Waals surface area contributed by atoms with Gasteiger partial charge in [-0.05, 0) is 49.9 Å². The van der Waals surface area contributed by atoms with Gasteiger partial charge < -0.3 is 20.5 Å². The molecule has 1 aromatic rings. The Morgan fingerprint density at radius 3 is 2.38 bits per heavy atom. The average Bonchev–Trinajstić information content (AvgIpc) is 3.30. The Kier molecular flexibility index (Phi) is 9.59. The molecule has 2 fully saturated rings. The number of alkyl halides is 3. The minimum absolute atomic E-state index is 0.00815. The van der Waals surface area contributed by atoms with E-state index in [0.29, 0.717) is 18.5 Å². The number of aliphatic carboxylic acids is 1. The summed E-state index contributed by atoms with van der Waals surface area (Å²) in [7, 11) is 0. The summed E-state index contributed by atoms with van der Waals surface area (Å²) in [6, 6.07) is 5.45. The maximum absolute atomic E-state index is 12.6. The second kappa shape index (κ2) is 12.2. The van der Waals surface area contributed by atoms with E-state index in [1.165, 1.54) is 17.0 Å². The number of non-ortho nitro benzene ring substituents is 1. The third kappa shape index (κ3) is 8.17. The van der Waals surface area contributed by atoms with Crippen molar-refractivity contribution in [3.63, 3.8) is 0 Å². The highest BCUT2D eigenvalue weighted by atomic mass is 19.4. The first-order chi connectivity index (χ1) is 16.0. The molecule has 1 aromatic carbocycles. The van der Waals surface area contributed by atoms with E-state index >= 15 is 0 Å². The number of nitro benzene ring substituents is 1. The molecule has 34 heavy (non-hydrogen) atoms. The molecule has 1 unspecified atom stereocenters. The molecule has 2 aliphatic heterocycles. The molecule has 2 atom stereocenters. The first-order valence-electron chi connectivity index (χ1n) is 10.5. The smallest absolute Gasteiger partial charge is 0.475 e. The molecule has 11 nitrogen and oxygen atoms in total. The lowest BCUT2D eigenvalue weighted by Gasteiger charge is -2.34. The van der Waals surface area contributed by atoms with Crippen molar-refractivity contribution in [1.82, 2.24) is 15.5 Å². The average molecular weight is 490 g/mol. The maximum atomic E-state index is 12.6. The largest absolute Gasteiger partial charge is 0.490 e. The number of rotatable bonds is 5. The highest BCUT2D eigenvalue weighted by molar-refractivity contribution is 5.86. The van der Waals surface area contributed by atoms with Crippen molar-refractivity contribution < 1.29 is 42.3 Å². The minimum atomic E-state index is -5.08. The van der Waals surface area contributed by atoms with Gasteiger partial charge in [-0.25, -0.2) is 9.59 Å². The molecule has 2 aliphatic rings. The van der Waals surface area contributed by atoms with Gasteiger partial charge >= 0.3 is 18.2 Å². The van der Waals surface area contributed by atoms with Crippen LogP contribution in [0, 0.1) is 10.1 Å². The quantitative estimate of drug-likeness (QED) is 0.420. The van der Waals surface area contributed by atoms with Gasteiger partial charge in [-0.1, -0.05) is 0 Å². The zero-order valence-corrected chi connectivity index (χ0v) is 18.0. The number of amides is 2. The van der Waals surface area contributed by atoms with Crippen LogP contribution in [0.1, 0.15) is 31.2 Å². The van der Waals surface area contributed by atoms with Gasteiger partial charge in [0.15, 0.2) is 0 Å². The number of nitro groups is 1. The minimum Gasteiger partial charge on any atom is -0.475 e. The summed E-state index contributed by atoms with van der Waals surface area (Å²) in [6.45, 7) is 2.13. The van der Waals surface area contributed by atoms with Crippen LogP contribution >= 0.6 is 0 Å². The predicted octanol–water partition coefficient (Wildman–Crippen LogP) is 2.20. The van der Waals surface area contributed by atoms with Crippen molar-refractivity contribution >= 4 is 23.7 Å². The highest BCUT2D eigenvalue weighted by Crippen LogP contribution is 2.20. The summed E-state index contributed by atoms with van der Waals surface area (Å²) in [5.74, 6) is -2.89. The molecule has 0 radical (unpaired) electrons. The van der Waals surface area contributed by atoms with E-state index in [0.717, 1.165) is 32.4 Å². The van der Waals surface area contributed by atoms with Crippen molar-refractivity contribution in [3.8, 4) is 0 Å². The first-order valence-corrected chi connectivity index (χ1v) is 10.5. The summed E-state index contributed by atoms with van der Waals surface area (Å²) < 4.78 is 37.1. The summed E-state index contributed by atoms with van der Waals surface area (Å²) >= 11 is 0. The van der Waals surface area contributed by atoms with Crippen LogP contribution in [0.2, 0.25) is 0 Å². The van der Waals surface area contributed by atoms with Crippen LogP contribution in [-0.2, 0) is 20.9 Å². The number of nitrogens with zero attached hydrogens (tertiary/aromatic N) is 2. The van der Waals surface area contributed by atoms with E-state index < -0.39 is 29.2 Å². The van der Waals surface area contributed by atoms with Gasteiger partial charge in [0.2, 0.25) is 5.91 Å². The predicted molar refractivity (Wildman–Crippen MR) is 111 cm³/mol. The Labute approximate surface area is 192 Å². The Morgan fingerprint density at radius 2 is 1.85 bits per heavy atom. The molecule has 0 bridgehead atoms. The fourth-order valence-electron chi connectivity index (χ4n) is 3.44. The van der Waals surface area contributed by atoms with Crippen LogP contribution in [0.5, 0.6) is 0 Å². The number of carboxylic acid groups (broad SMARTS) is 1. The molecule has 3 N–H and O–H groups in total. The van der Waals surface area contributed by atoms with Crippen molar-refractivity contribution in [2.75, 3.05) is 19.6 Å². The number of carboxylic acids is 1. The fourth-order valence-corrected chi connectivity index (χ4v) is 3.44. The number of hydrogen-bond acceptors (Lipinski definition) is 7. The van der Waals surface area contributed by atoms with E-state index in [1.54, 1.807) is 12.1 Å². The summed E-state index contributed by atoms with van der Waals surface area (Å²) in [6.07, 6.45) is -2.37. The normalized spacial score (nSPS) is 20.0. The van der Waals surface area contributed by atoms with Gasteiger partial charge in [0.05, 0.1) is 4.92 Å². The molecule has 3 rings (SSSR count). The number of likely N-dealkylation sites (tertiary alicyclic amines) is 1. The summed E-state index contributed by atoms with van der Waals surface area (Å²) in [4.78, 5) is 45.7. The standard InChI is InChI=1S/C18H24N4O5.C2HF3O2/c23-17(20-14-8-9-19-11-14)16-3-1-2-10-21(16)18(24)27-12-13-4-6-15(7-5-13)22(25)26;3-2(4,5)1(6)7/h4-7,14,16,19H,1-3,8-12H2,(H,20,23);(H,6,7)/t14-,16?;/m0./s1. The maximum Gasteiger partial charge on any atom is 0.490 e. The van der Waals surface area contributed by atoms with Crippen molar-refractivity contribution in [2.24, 2.45) is 0 Å². The number of nitrogens with one attached hydrogen (secondary N) is 2. The molecule has 0 spiro atoms. The molecular formula is C20H25F3N4O7. The Hall–Kier alpha value is -3.42. The van der Waals surface area contributed by atoms with Gasteiger partial charge in [-0.3, -0.25) is 19.8 Å². The van der Waals surface area contributed by atoms with E-state index in [9.17, 15) is 32.9 Å². The van der Waals surface area contributed by atoms with Crippen LogP contribution < -0.4 is 10.6 Å². The molecule has 14 heteroatoms. The monoisotopic (exact) mass is 490 g/mol. The van der Waals surface area contributed by atoms with Gasteiger partial charge in [0.1, 0.15) is 12.6 Å². The molecule has 2 amide bonds. The number of carbonyl (C=O) groups excluding carboxylic acids is 2. The highest BCUT2D eigenvalue weighted by Gasteiger charge is 2.38. The summed E-state index contributed by atoms with van der Waals surface area (Å²) in [5, 5.41) is 24.0. The Bertz CT molecular complexity index is 874. The third-order valence-corrected chi connectivity index (χ3v) is 5.20. The van der Waals surface area contributed by atoms with Gasteiger partial charge in [-0.15, -0.1) is 0 Å². The van der Waals surface area contributed by atoms with E-state index in [4.69, 9.17) is 14.6 Å². The lowest BCUT2D eigenvalue weighted by atomic mass is 10.0. The van der Waals surface area contributed by atoms with Crippen LogP contribution in [-0.4, -0.2) is 70.8 Å². The number of benzene rings is 1. The number of hydrogen-bond donors (Lipinski definition) is 3. The first kappa shape index (κ1) is 26.8. The second-order valence-corrected chi connectivity index (χ2v) is 7.68. The number of ether oxygens (including phenoxy) is 1. The van der Waals surface area contributed by atoms with Crippen LogP contribution in [0.15, 0.2) is 24.3 Å². The number of carbonyl (C=O) groups is 3. The second-order valence-electron chi connectivity index (χ2n) is 7.68. The molecule has 0 saturated carbocycles. The molecular weight excluding hydrogens is 465 g/mol. The Balaban J connectivity index is 0.000000509. The van der Waals surface area contributed by atoms with Gasteiger partial charge in [0.25, 0.3) is 5.69 Å². The lowest BCUT2D eigenvalue weighted by molar-refractivity contribution is -0.384. The molecule has 0 aromatic heterocycles. The SMILES string of the molecule is O=C(N[C@H]1CCNC1)C1CCCCN1C(=O)OCc1ccc([N+](=O)[O-])cc1.O=C(O)C(F)(F)F. The zero-order valence-electron chi connectivity index (χ0n) is 18.0. The van der Waals surface area contributed by atoms with Gasteiger partial charge in [-0.2, -0.15) is 13.2 Å². The summed E-state index contributed by atoms with van der Waals surface area (Å²) in [5.41, 5.74) is 0.642.